The van der Waals surface area contributed by atoms with Gasteiger partial charge in [-0.15, -0.1) is 5.01 Å². The monoisotopic (exact) mass is 276 g/mol. The molecule has 102 valence electrons. The number of rotatable bonds is 2. The molecule has 0 spiro atoms. The molecule has 3 atom stereocenters. The summed E-state index contributed by atoms with van der Waals surface area (Å²) in [5.41, 5.74) is 0. The molecular formula is C10H16N2O5S. The van der Waals surface area contributed by atoms with E-state index in [-0.39, 0.29) is 18.4 Å². The Kier molecular flexibility index (Phi) is 3.69. The largest absolute Gasteiger partial charge is 0.606 e. The number of carbonyl (C=O) groups is 2. The minimum atomic E-state index is -1.46. The maximum atomic E-state index is 12.5. The predicted octanol–water partition coefficient (Wildman–Crippen LogP) is 0.809. The zero-order chi connectivity index (χ0) is 13.3. The summed E-state index contributed by atoms with van der Waals surface area (Å²) >= 11 is 4.09. The molecule has 2 aliphatic heterocycles. The van der Waals surface area contributed by atoms with Crippen LogP contribution in [0.5, 0.6) is 0 Å². The molecule has 2 saturated heterocycles. The Morgan fingerprint density at radius 2 is 2.28 bits per heavy atom. The summed E-state index contributed by atoms with van der Waals surface area (Å²) in [5, 5.41) is 22.2. The highest BCUT2D eigenvalue weighted by Gasteiger charge is 2.48. The molecule has 0 aromatic rings. The van der Waals surface area contributed by atoms with Crippen LogP contribution in [-0.4, -0.2) is 52.0 Å². The summed E-state index contributed by atoms with van der Waals surface area (Å²) in [6.45, 7) is 0.570. The van der Waals surface area contributed by atoms with Gasteiger partial charge >= 0.3 is 6.16 Å². The second kappa shape index (κ2) is 4.94. The maximum absolute atomic E-state index is 12.5. The van der Waals surface area contributed by atoms with Gasteiger partial charge in [0.05, 0.1) is 5.92 Å². The lowest BCUT2D eigenvalue weighted by molar-refractivity contribution is -0.998. The second-order valence-electron chi connectivity index (χ2n) is 4.63. The van der Waals surface area contributed by atoms with Gasteiger partial charge in [-0.2, -0.15) is 12.6 Å². The highest BCUT2D eigenvalue weighted by Crippen LogP contribution is 2.33. The van der Waals surface area contributed by atoms with Crippen LogP contribution < -0.4 is 0 Å². The first-order valence-corrected chi connectivity index (χ1v) is 6.53. The molecule has 2 aliphatic rings. The molecule has 8 heteroatoms. The average Bonchev–Trinajstić information content (AvgIpc) is 2.28. The first-order valence-electron chi connectivity index (χ1n) is 5.90. The van der Waals surface area contributed by atoms with Crippen molar-refractivity contribution in [3.05, 3.63) is 5.21 Å². The van der Waals surface area contributed by atoms with E-state index in [1.807, 2.05) is 0 Å². The standard InChI is InChI=1S/C10H16N2O5S/c13-9-7(6-18)3-5-12(16)4-1-2-8(11(9)12)17-10(14)15/h7-8,18H,1-6H2,(H,14,15). The Hall–Kier alpha value is -0.990. The number of hydrogen-bond donors (Lipinski definition) is 2. The first-order chi connectivity index (χ1) is 8.48. The van der Waals surface area contributed by atoms with Gasteiger partial charge in [0.15, 0.2) is 0 Å². The molecule has 2 heterocycles. The van der Waals surface area contributed by atoms with E-state index in [0.717, 1.165) is 5.01 Å². The van der Waals surface area contributed by atoms with E-state index in [2.05, 4.69) is 17.4 Å². The topological polar surface area (TPSA) is 89.9 Å². The number of fused-ring (bicyclic) bond motifs is 1. The molecule has 2 rings (SSSR count). The van der Waals surface area contributed by atoms with Crippen LogP contribution in [0.4, 0.5) is 4.79 Å². The molecule has 3 unspecified atom stereocenters. The van der Waals surface area contributed by atoms with Crippen LogP contribution in [0.2, 0.25) is 0 Å². The Bertz CT molecular complexity index is 366. The summed E-state index contributed by atoms with van der Waals surface area (Å²) < 4.78 is 3.88. The van der Waals surface area contributed by atoms with E-state index in [1.165, 1.54) is 0 Å². The summed E-state index contributed by atoms with van der Waals surface area (Å²) in [6, 6.07) is 0. The minimum Gasteiger partial charge on any atom is -0.606 e. The molecule has 0 aromatic heterocycles. The maximum Gasteiger partial charge on any atom is 0.507 e. The number of ether oxygens (including phenoxy) is 1. The van der Waals surface area contributed by atoms with Crippen molar-refractivity contribution >= 4 is 24.7 Å². The molecule has 0 radical (unpaired) electrons. The van der Waals surface area contributed by atoms with Crippen molar-refractivity contribution in [2.75, 3.05) is 18.8 Å². The molecule has 2 fully saturated rings. The third-order valence-electron chi connectivity index (χ3n) is 3.48. The number of hydrogen-bond acceptors (Lipinski definition) is 5. The van der Waals surface area contributed by atoms with Gasteiger partial charge in [0.25, 0.3) is 5.91 Å². The SMILES string of the molecule is O=C(O)OC1CCC[N+]2([O-])CCC(CS)C(=O)N12. The third-order valence-corrected chi connectivity index (χ3v) is 3.92. The number of nitrogens with zero attached hydrogens (tertiary/aromatic N) is 2. The number of quaternary nitrogens is 1. The Morgan fingerprint density at radius 1 is 1.56 bits per heavy atom. The lowest BCUT2D eigenvalue weighted by Gasteiger charge is -2.56. The van der Waals surface area contributed by atoms with Crippen LogP contribution in [0.25, 0.3) is 0 Å². The van der Waals surface area contributed by atoms with Gasteiger partial charge in [0.2, 0.25) is 6.23 Å². The molecule has 1 amide bonds. The lowest BCUT2D eigenvalue weighted by Crippen LogP contribution is -2.70. The summed E-state index contributed by atoms with van der Waals surface area (Å²) in [4.78, 5) is 22.8. The lowest BCUT2D eigenvalue weighted by atomic mass is 10.0. The van der Waals surface area contributed by atoms with E-state index in [9.17, 15) is 14.8 Å². The van der Waals surface area contributed by atoms with Gasteiger partial charge in [-0.1, -0.05) is 0 Å². The fourth-order valence-electron chi connectivity index (χ4n) is 2.58. The van der Waals surface area contributed by atoms with E-state index >= 15 is 0 Å². The summed E-state index contributed by atoms with van der Waals surface area (Å²) in [5.74, 6) is -0.321. The van der Waals surface area contributed by atoms with Crippen LogP contribution >= 0.6 is 12.6 Å². The van der Waals surface area contributed by atoms with Crippen LogP contribution in [0.3, 0.4) is 0 Å². The van der Waals surface area contributed by atoms with Gasteiger partial charge in [0.1, 0.15) is 13.1 Å². The Balaban J connectivity index is 2.23. The third kappa shape index (κ3) is 2.27. The minimum absolute atomic E-state index is 0.274. The van der Waals surface area contributed by atoms with Crippen molar-refractivity contribution in [3.63, 3.8) is 0 Å². The van der Waals surface area contributed by atoms with Gasteiger partial charge in [-0.25, -0.2) is 9.55 Å². The van der Waals surface area contributed by atoms with Crippen LogP contribution in [0.15, 0.2) is 0 Å². The fourth-order valence-corrected chi connectivity index (χ4v) is 2.92. The highest BCUT2D eigenvalue weighted by atomic mass is 32.1. The Morgan fingerprint density at radius 3 is 2.89 bits per heavy atom. The molecule has 0 saturated carbocycles. The van der Waals surface area contributed by atoms with E-state index < -0.39 is 17.1 Å². The number of carboxylic acid groups (broad SMARTS) is 1. The smallest absolute Gasteiger partial charge is 0.507 e. The molecular weight excluding hydrogens is 260 g/mol. The second-order valence-corrected chi connectivity index (χ2v) is 4.99. The number of carbonyl (C=O) groups excluding carboxylic acids is 1. The van der Waals surface area contributed by atoms with E-state index in [1.54, 1.807) is 0 Å². The average molecular weight is 276 g/mol. The van der Waals surface area contributed by atoms with Crippen molar-refractivity contribution < 1.29 is 24.2 Å². The van der Waals surface area contributed by atoms with E-state index in [0.29, 0.717) is 31.6 Å². The first kappa shape index (κ1) is 13.4. The van der Waals surface area contributed by atoms with Crippen LogP contribution in [0.1, 0.15) is 19.3 Å². The predicted molar refractivity (Wildman–Crippen MR) is 64.3 cm³/mol. The fraction of sp³-hybridized carbons (Fsp3) is 0.800. The molecule has 0 aromatic carbocycles. The number of hydroxylamine groups is 2. The molecule has 1 N–H and O–H groups in total. The molecule has 0 bridgehead atoms. The van der Waals surface area contributed by atoms with Crippen molar-refractivity contribution in [2.24, 2.45) is 5.92 Å². The van der Waals surface area contributed by atoms with Crippen molar-refractivity contribution in [3.8, 4) is 0 Å². The quantitative estimate of drug-likeness (QED) is 0.337. The number of thiol groups is 1. The zero-order valence-electron chi connectivity index (χ0n) is 9.82. The van der Waals surface area contributed by atoms with Crippen LogP contribution in [0, 0.1) is 11.1 Å². The Labute approximate surface area is 110 Å². The van der Waals surface area contributed by atoms with Gasteiger partial charge < -0.3 is 15.1 Å². The van der Waals surface area contributed by atoms with Crippen LogP contribution in [-0.2, 0) is 9.53 Å². The molecule has 7 nitrogen and oxygen atoms in total. The van der Waals surface area contributed by atoms with Gasteiger partial charge in [-0.3, -0.25) is 4.79 Å². The zero-order valence-corrected chi connectivity index (χ0v) is 10.7. The normalized spacial score (nSPS) is 36.1. The number of amides is 1. The van der Waals surface area contributed by atoms with Gasteiger partial charge in [0, 0.05) is 25.0 Å². The van der Waals surface area contributed by atoms with Gasteiger partial charge in [-0.05, 0) is 0 Å². The molecule has 0 aliphatic carbocycles. The van der Waals surface area contributed by atoms with Crippen molar-refractivity contribution in [1.82, 2.24) is 5.01 Å². The van der Waals surface area contributed by atoms with Crippen molar-refractivity contribution in [2.45, 2.75) is 25.5 Å². The van der Waals surface area contributed by atoms with Crippen molar-refractivity contribution in [1.29, 1.82) is 0 Å². The summed E-state index contributed by atoms with van der Waals surface area (Å²) in [6.07, 6.45) is -1.02. The summed E-state index contributed by atoms with van der Waals surface area (Å²) in [7, 11) is 0. The van der Waals surface area contributed by atoms with E-state index in [4.69, 9.17) is 5.11 Å². The highest BCUT2D eigenvalue weighted by molar-refractivity contribution is 7.80. The molecule has 18 heavy (non-hydrogen) atoms.